The van der Waals surface area contributed by atoms with Crippen LogP contribution in [0.5, 0.6) is 0 Å². The van der Waals surface area contributed by atoms with Crippen LogP contribution in [0.1, 0.15) is 48.5 Å². The molecule has 0 aliphatic heterocycles. The van der Waals surface area contributed by atoms with E-state index in [9.17, 15) is 4.79 Å². The zero-order chi connectivity index (χ0) is 13.2. The number of hydrogen-bond acceptors (Lipinski definition) is 3. The van der Waals surface area contributed by atoms with Crippen LogP contribution in [0.15, 0.2) is 0 Å². The smallest absolute Gasteiger partial charge is 0.314 e. The van der Waals surface area contributed by atoms with Gasteiger partial charge in [0.1, 0.15) is 0 Å². The van der Waals surface area contributed by atoms with Gasteiger partial charge in [0.15, 0.2) is 6.79 Å². The van der Waals surface area contributed by atoms with E-state index in [-0.39, 0.29) is 23.6 Å². The Hall–Kier alpha value is -0.570. The third kappa shape index (κ3) is 2.76. The minimum Gasteiger partial charge on any atom is -0.438 e. The number of methoxy groups -OCH3 is 1. The van der Waals surface area contributed by atoms with Crippen molar-refractivity contribution in [1.82, 2.24) is 0 Å². The fraction of sp³-hybridized carbons (Fsp3) is 0.923. The second-order valence-electron chi connectivity index (χ2n) is 6.46. The standard InChI is InChI=1S/C13H26O3/c1-11(2,3)13(7,12(4,5)6)10(14)16-9-15-8/h9H2,1-8H3. The highest BCUT2D eigenvalue weighted by Gasteiger charge is 2.53. The lowest BCUT2D eigenvalue weighted by molar-refractivity contribution is -0.182. The third-order valence-electron chi connectivity index (χ3n) is 3.72. The first-order valence-corrected chi connectivity index (χ1v) is 5.64. The van der Waals surface area contributed by atoms with Gasteiger partial charge in [0.25, 0.3) is 0 Å². The maximum absolute atomic E-state index is 12.2. The topological polar surface area (TPSA) is 35.5 Å². The molecule has 0 aromatic carbocycles. The van der Waals surface area contributed by atoms with Crippen LogP contribution in [0.25, 0.3) is 0 Å². The van der Waals surface area contributed by atoms with Gasteiger partial charge < -0.3 is 9.47 Å². The number of esters is 1. The van der Waals surface area contributed by atoms with Crippen LogP contribution in [-0.4, -0.2) is 19.9 Å². The minimum absolute atomic E-state index is 0.0145. The van der Waals surface area contributed by atoms with E-state index < -0.39 is 5.41 Å². The average Bonchev–Trinajstić information content (AvgIpc) is 2.08. The lowest BCUT2D eigenvalue weighted by Crippen LogP contribution is -2.50. The fourth-order valence-corrected chi connectivity index (χ4v) is 1.99. The molecule has 0 aromatic rings. The normalized spacial score (nSPS) is 13.8. The van der Waals surface area contributed by atoms with Gasteiger partial charge >= 0.3 is 5.97 Å². The molecule has 0 unspecified atom stereocenters. The molecule has 0 rings (SSSR count). The second-order valence-corrected chi connectivity index (χ2v) is 6.46. The summed E-state index contributed by atoms with van der Waals surface area (Å²) in [5.74, 6) is -0.200. The molecular formula is C13H26O3. The Bertz CT molecular complexity index is 229. The molecule has 0 spiro atoms. The molecular weight excluding hydrogens is 204 g/mol. The number of carbonyl (C=O) groups is 1. The molecule has 0 aliphatic rings. The molecule has 0 saturated heterocycles. The molecule has 96 valence electrons. The van der Waals surface area contributed by atoms with Gasteiger partial charge in [-0.2, -0.15) is 0 Å². The second kappa shape index (κ2) is 4.74. The predicted octanol–water partition coefficient (Wildman–Crippen LogP) is 3.23. The first-order chi connectivity index (χ1) is 6.98. The van der Waals surface area contributed by atoms with Crippen LogP contribution >= 0.6 is 0 Å². The molecule has 0 amide bonds. The quantitative estimate of drug-likeness (QED) is 0.551. The van der Waals surface area contributed by atoms with Crippen molar-refractivity contribution in [3.63, 3.8) is 0 Å². The van der Waals surface area contributed by atoms with Crippen molar-refractivity contribution in [1.29, 1.82) is 0 Å². The summed E-state index contributed by atoms with van der Waals surface area (Å²) < 4.78 is 9.94. The Morgan fingerprint density at radius 1 is 0.938 bits per heavy atom. The molecule has 0 aromatic heterocycles. The summed E-state index contributed by atoms with van der Waals surface area (Å²) in [4.78, 5) is 12.2. The van der Waals surface area contributed by atoms with Crippen LogP contribution < -0.4 is 0 Å². The van der Waals surface area contributed by atoms with Gasteiger partial charge in [-0.25, -0.2) is 0 Å². The molecule has 0 bridgehead atoms. The van der Waals surface area contributed by atoms with Crippen molar-refractivity contribution in [2.45, 2.75) is 48.5 Å². The highest BCUT2D eigenvalue weighted by Crippen LogP contribution is 2.51. The first-order valence-electron chi connectivity index (χ1n) is 5.64. The predicted molar refractivity (Wildman–Crippen MR) is 65.0 cm³/mol. The highest BCUT2D eigenvalue weighted by molar-refractivity contribution is 5.78. The Labute approximate surface area is 99.5 Å². The van der Waals surface area contributed by atoms with E-state index in [1.165, 1.54) is 7.11 Å². The monoisotopic (exact) mass is 230 g/mol. The van der Waals surface area contributed by atoms with Gasteiger partial charge in [-0.15, -0.1) is 0 Å². The third-order valence-corrected chi connectivity index (χ3v) is 3.72. The van der Waals surface area contributed by atoms with Gasteiger partial charge in [-0.05, 0) is 17.8 Å². The maximum Gasteiger partial charge on any atom is 0.314 e. The largest absolute Gasteiger partial charge is 0.438 e. The molecule has 0 N–H and O–H groups in total. The minimum atomic E-state index is -0.557. The van der Waals surface area contributed by atoms with Gasteiger partial charge in [0.2, 0.25) is 0 Å². The van der Waals surface area contributed by atoms with E-state index in [0.29, 0.717) is 0 Å². The van der Waals surface area contributed by atoms with Gasteiger partial charge in [-0.1, -0.05) is 41.5 Å². The van der Waals surface area contributed by atoms with Crippen LogP contribution in [0.3, 0.4) is 0 Å². The van der Waals surface area contributed by atoms with E-state index in [1.54, 1.807) is 0 Å². The fourth-order valence-electron chi connectivity index (χ4n) is 1.99. The summed E-state index contributed by atoms with van der Waals surface area (Å²) in [6.45, 7) is 14.3. The van der Waals surface area contributed by atoms with Crippen molar-refractivity contribution < 1.29 is 14.3 Å². The van der Waals surface area contributed by atoms with Crippen molar-refractivity contribution in [3.8, 4) is 0 Å². The van der Waals surface area contributed by atoms with E-state index in [4.69, 9.17) is 9.47 Å². The van der Waals surface area contributed by atoms with E-state index in [0.717, 1.165) is 0 Å². The lowest BCUT2D eigenvalue weighted by Gasteiger charge is -2.48. The van der Waals surface area contributed by atoms with Gasteiger partial charge in [-0.3, -0.25) is 4.79 Å². The molecule has 3 nitrogen and oxygen atoms in total. The summed E-state index contributed by atoms with van der Waals surface area (Å²) in [5.41, 5.74) is -0.898. The van der Waals surface area contributed by atoms with Crippen LogP contribution in [0.4, 0.5) is 0 Å². The summed E-state index contributed by atoms with van der Waals surface area (Å²) in [6, 6.07) is 0. The van der Waals surface area contributed by atoms with E-state index >= 15 is 0 Å². The molecule has 16 heavy (non-hydrogen) atoms. The van der Waals surface area contributed by atoms with Gasteiger partial charge in [0.05, 0.1) is 5.41 Å². The number of hydrogen-bond donors (Lipinski definition) is 0. The zero-order valence-electron chi connectivity index (χ0n) is 11.9. The molecule has 0 fully saturated rings. The number of carbonyl (C=O) groups excluding carboxylic acids is 1. The van der Waals surface area contributed by atoms with Crippen molar-refractivity contribution >= 4 is 5.97 Å². The Kier molecular flexibility index (Phi) is 4.57. The molecule has 0 radical (unpaired) electrons. The van der Waals surface area contributed by atoms with Crippen molar-refractivity contribution in [3.05, 3.63) is 0 Å². The summed E-state index contributed by atoms with van der Waals surface area (Å²) in [5, 5.41) is 0. The molecule has 3 heteroatoms. The average molecular weight is 230 g/mol. The Morgan fingerprint density at radius 3 is 1.56 bits per heavy atom. The SMILES string of the molecule is COCOC(=O)C(C)(C(C)(C)C)C(C)(C)C. The lowest BCUT2D eigenvalue weighted by atomic mass is 9.55. The van der Waals surface area contributed by atoms with Crippen LogP contribution in [0.2, 0.25) is 0 Å². The first kappa shape index (κ1) is 15.4. The van der Waals surface area contributed by atoms with E-state index in [1.807, 2.05) is 6.92 Å². The Morgan fingerprint density at radius 2 is 1.31 bits per heavy atom. The van der Waals surface area contributed by atoms with Crippen molar-refractivity contribution in [2.75, 3.05) is 13.9 Å². The summed E-state index contributed by atoms with van der Waals surface area (Å²) in [6.07, 6.45) is 0. The summed E-state index contributed by atoms with van der Waals surface area (Å²) >= 11 is 0. The Balaban J connectivity index is 5.19. The molecule has 0 aliphatic carbocycles. The van der Waals surface area contributed by atoms with Crippen LogP contribution in [0, 0.1) is 16.2 Å². The number of ether oxygens (including phenoxy) is 2. The molecule has 0 saturated carbocycles. The maximum atomic E-state index is 12.2. The highest BCUT2D eigenvalue weighted by atomic mass is 16.7. The van der Waals surface area contributed by atoms with Crippen molar-refractivity contribution in [2.24, 2.45) is 16.2 Å². The van der Waals surface area contributed by atoms with E-state index in [2.05, 4.69) is 41.5 Å². The molecule has 0 atom stereocenters. The molecule has 0 heterocycles. The summed E-state index contributed by atoms with van der Waals surface area (Å²) in [7, 11) is 1.51. The van der Waals surface area contributed by atoms with Crippen LogP contribution in [-0.2, 0) is 14.3 Å². The zero-order valence-corrected chi connectivity index (χ0v) is 11.9. The van der Waals surface area contributed by atoms with Gasteiger partial charge in [0, 0.05) is 7.11 Å². The number of rotatable bonds is 3.